The number of rotatable bonds is 14. The number of hydrogen-bond donors (Lipinski definition) is 0. The first-order valence-corrected chi connectivity index (χ1v) is 19.8. The van der Waals surface area contributed by atoms with E-state index in [4.69, 9.17) is 13.6 Å². The van der Waals surface area contributed by atoms with E-state index in [1.54, 1.807) is 0 Å². The Labute approximate surface area is 220 Å². The number of allylic oxidation sites excluding steroid dienone is 1. The van der Waals surface area contributed by atoms with Crippen molar-refractivity contribution in [3.63, 3.8) is 0 Å². The van der Waals surface area contributed by atoms with Crippen molar-refractivity contribution in [2.75, 3.05) is 7.11 Å². The van der Waals surface area contributed by atoms with Gasteiger partial charge in [0.2, 0.25) is 0 Å². The summed E-state index contributed by atoms with van der Waals surface area (Å²) in [5, 5.41) is 0.393. The SMILES string of the molecule is C=CCC[C@H]1C(O[Si](C)(C)C(C)(C)C)CC(O[Si](C)(C)C(C)(C)C)[C@@H]1CCCCCCC(=O)OC. The third-order valence-electron chi connectivity index (χ3n) is 9.07. The van der Waals surface area contributed by atoms with Crippen LogP contribution in [0.1, 0.15) is 99.3 Å². The van der Waals surface area contributed by atoms with E-state index in [1.807, 2.05) is 0 Å². The summed E-state index contributed by atoms with van der Waals surface area (Å²) in [6.07, 6.45) is 11.8. The zero-order chi connectivity index (χ0) is 27.1. The Balaban J connectivity index is 3.06. The Morgan fingerprint density at radius 2 is 1.29 bits per heavy atom. The van der Waals surface area contributed by atoms with Crippen LogP contribution in [0, 0.1) is 11.8 Å². The summed E-state index contributed by atoms with van der Waals surface area (Å²) in [5.74, 6) is 0.949. The molecule has 1 aliphatic rings. The van der Waals surface area contributed by atoms with E-state index in [0.717, 1.165) is 38.5 Å². The van der Waals surface area contributed by atoms with Crippen molar-refractivity contribution >= 4 is 22.6 Å². The van der Waals surface area contributed by atoms with Crippen molar-refractivity contribution in [2.24, 2.45) is 11.8 Å². The van der Waals surface area contributed by atoms with Gasteiger partial charge in [0.15, 0.2) is 16.6 Å². The molecule has 1 saturated carbocycles. The van der Waals surface area contributed by atoms with E-state index >= 15 is 0 Å². The molecule has 0 spiro atoms. The molecule has 0 heterocycles. The fourth-order valence-electron chi connectivity index (χ4n) is 4.73. The Morgan fingerprint density at radius 3 is 1.71 bits per heavy atom. The molecule has 0 amide bonds. The van der Waals surface area contributed by atoms with Crippen LogP contribution in [0.5, 0.6) is 0 Å². The van der Waals surface area contributed by atoms with Crippen LogP contribution in [0.15, 0.2) is 12.7 Å². The minimum Gasteiger partial charge on any atom is -0.469 e. The molecule has 1 fully saturated rings. The van der Waals surface area contributed by atoms with Crippen LogP contribution in [0.2, 0.25) is 36.3 Å². The molecule has 1 rings (SSSR count). The predicted octanol–water partition coefficient (Wildman–Crippen LogP) is 8.88. The summed E-state index contributed by atoms with van der Waals surface area (Å²) in [7, 11) is -2.30. The fourth-order valence-corrected chi connectivity index (χ4v) is 7.49. The van der Waals surface area contributed by atoms with Crippen LogP contribution in [0.25, 0.3) is 0 Å². The van der Waals surface area contributed by atoms with Gasteiger partial charge in [0.25, 0.3) is 0 Å². The molecule has 0 aromatic heterocycles. The largest absolute Gasteiger partial charge is 0.469 e. The van der Waals surface area contributed by atoms with Gasteiger partial charge in [-0.25, -0.2) is 0 Å². The van der Waals surface area contributed by atoms with E-state index in [2.05, 4.69) is 80.4 Å². The molecule has 0 aromatic rings. The van der Waals surface area contributed by atoms with E-state index in [1.165, 1.54) is 20.0 Å². The Bertz CT molecular complexity index is 661. The molecule has 0 radical (unpaired) electrons. The lowest BCUT2D eigenvalue weighted by atomic mass is 9.85. The third-order valence-corrected chi connectivity index (χ3v) is 18.1. The number of carbonyl (C=O) groups is 1. The molecule has 0 aliphatic heterocycles. The fraction of sp³-hybridized carbons (Fsp3) is 0.897. The van der Waals surface area contributed by atoms with Crippen LogP contribution in [-0.4, -0.2) is 41.9 Å². The Morgan fingerprint density at radius 1 is 0.829 bits per heavy atom. The molecule has 35 heavy (non-hydrogen) atoms. The molecule has 4 nitrogen and oxygen atoms in total. The Kier molecular flexibility index (Phi) is 12.5. The minimum atomic E-state index is -1.89. The summed E-state index contributed by atoms with van der Waals surface area (Å²) in [6.45, 7) is 27.6. The monoisotopic (exact) mass is 526 g/mol. The van der Waals surface area contributed by atoms with Crippen molar-refractivity contribution in [1.29, 1.82) is 0 Å². The maximum atomic E-state index is 11.4. The average Bonchev–Trinajstić information content (AvgIpc) is 3.01. The number of carbonyl (C=O) groups excluding carboxylic acids is 1. The molecule has 206 valence electrons. The van der Waals surface area contributed by atoms with Gasteiger partial charge in [0, 0.05) is 6.42 Å². The summed E-state index contributed by atoms with van der Waals surface area (Å²) in [5.41, 5.74) is 0. The quantitative estimate of drug-likeness (QED) is 0.0981. The molecule has 0 bridgehead atoms. The van der Waals surface area contributed by atoms with Crippen LogP contribution in [0.4, 0.5) is 0 Å². The van der Waals surface area contributed by atoms with Gasteiger partial charge in [0.05, 0.1) is 19.3 Å². The highest BCUT2D eigenvalue weighted by Gasteiger charge is 2.50. The van der Waals surface area contributed by atoms with E-state index < -0.39 is 16.6 Å². The van der Waals surface area contributed by atoms with Gasteiger partial charge in [-0.05, 0) is 80.2 Å². The number of ether oxygens (including phenoxy) is 1. The van der Waals surface area contributed by atoms with Crippen LogP contribution in [0.3, 0.4) is 0 Å². The summed E-state index contributed by atoms with van der Waals surface area (Å²) < 4.78 is 19.0. The molecular formula is C29H58O4Si2. The smallest absolute Gasteiger partial charge is 0.305 e. The zero-order valence-corrected chi connectivity index (χ0v) is 27.1. The predicted molar refractivity (Wildman–Crippen MR) is 155 cm³/mol. The molecule has 1 aliphatic carbocycles. The molecule has 6 heteroatoms. The zero-order valence-electron chi connectivity index (χ0n) is 25.1. The van der Waals surface area contributed by atoms with Crippen LogP contribution < -0.4 is 0 Å². The van der Waals surface area contributed by atoms with Gasteiger partial charge in [-0.2, -0.15) is 0 Å². The minimum absolute atomic E-state index is 0.0984. The normalized spacial score (nSPS) is 24.0. The highest BCUT2D eigenvalue weighted by Crippen LogP contribution is 2.48. The van der Waals surface area contributed by atoms with Gasteiger partial charge in [-0.15, -0.1) is 6.58 Å². The highest BCUT2D eigenvalue weighted by atomic mass is 28.4. The molecule has 2 unspecified atom stereocenters. The van der Waals surface area contributed by atoms with Crippen LogP contribution in [-0.2, 0) is 18.4 Å². The van der Waals surface area contributed by atoms with Crippen molar-refractivity contribution in [3.8, 4) is 0 Å². The number of unbranched alkanes of at least 4 members (excludes halogenated alkanes) is 3. The summed E-state index contributed by atoms with van der Waals surface area (Å²) in [6, 6.07) is 0. The molecule has 4 atom stereocenters. The summed E-state index contributed by atoms with van der Waals surface area (Å²) in [4.78, 5) is 11.4. The molecule has 0 aromatic carbocycles. The standard InChI is InChI=1S/C29H58O4Si2/c1-13-14-19-23-24(20-17-15-16-18-21-27(30)31-8)26(33-35(11,12)29(5,6)7)22-25(23)32-34(9,10)28(2,3)4/h13,23-26H,1,14-22H2,2-12H3/t23-,24-,25?,26?/m1/s1. The topological polar surface area (TPSA) is 44.8 Å². The third kappa shape index (κ3) is 9.75. The lowest BCUT2D eigenvalue weighted by molar-refractivity contribution is -0.140. The second-order valence-electron chi connectivity index (χ2n) is 13.8. The van der Waals surface area contributed by atoms with Gasteiger partial charge in [0.1, 0.15) is 0 Å². The van der Waals surface area contributed by atoms with E-state index in [9.17, 15) is 4.79 Å². The van der Waals surface area contributed by atoms with Crippen molar-refractivity contribution in [2.45, 2.75) is 148 Å². The maximum Gasteiger partial charge on any atom is 0.305 e. The highest BCUT2D eigenvalue weighted by molar-refractivity contribution is 6.74. The van der Waals surface area contributed by atoms with Gasteiger partial charge in [-0.1, -0.05) is 66.9 Å². The van der Waals surface area contributed by atoms with Crippen molar-refractivity contribution in [1.82, 2.24) is 0 Å². The number of esters is 1. The number of methoxy groups -OCH3 is 1. The van der Waals surface area contributed by atoms with E-state index in [-0.39, 0.29) is 28.3 Å². The lowest BCUT2D eigenvalue weighted by Crippen LogP contribution is -2.45. The second-order valence-corrected chi connectivity index (χ2v) is 23.3. The van der Waals surface area contributed by atoms with Gasteiger partial charge in [-0.3, -0.25) is 4.79 Å². The number of hydrogen-bond acceptors (Lipinski definition) is 4. The first-order valence-electron chi connectivity index (χ1n) is 14.0. The first kappa shape index (κ1) is 32.6. The lowest BCUT2D eigenvalue weighted by Gasteiger charge is -2.40. The van der Waals surface area contributed by atoms with E-state index in [0.29, 0.717) is 18.3 Å². The first-order chi connectivity index (χ1) is 16.0. The van der Waals surface area contributed by atoms with Crippen molar-refractivity contribution in [3.05, 3.63) is 12.7 Å². The molecule has 0 N–H and O–H groups in total. The average molecular weight is 527 g/mol. The Hall–Kier alpha value is -0.436. The van der Waals surface area contributed by atoms with Gasteiger partial charge >= 0.3 is 5.97 Å². The van der Waals surface area contributed by atoms with Crippen molar-refractivity contribution < 1.29 is 18.4 Å². The molecular weight excluding hydrogens is 468 g/mol. The molecule has 0 saturated heterocycles. The van der Waals surface area contributed by atoms with Crippen LogP contribution >= 0.6 is 0 Å². The summed E-state index contributed by atoms with van der Waals surface area (Å²) >= 11 is 0. The van der Waals surface area contributed by atoms with Gasteiger partial charge < -0.3 is 13.6 Å². The maximum absolute atomic E-state index is 11.4. The second kappa shape index (κ2) is 13.4.